The molecular weight excluding hydrogens is 444 g/mol. The van der Waals surface area contributed by atoms with E-state index in [1.807, 2.05) is 58.0 Å². The van der Waals surface area contributed by atoms with E-state index in [0.717, 1.165) is 64.4 Å². The number of rotatable bonds is 5. The fourth-order valence-corrected chi connectivity index (χ4v) is 4.58. The van der Waals surface area contributed by atoms with Crippen molar-refractivity contribution in [3.05, 3.63) is 39.6 Å². The molecule has 1 aromatic heterocycles. The molecule has 1 saturated carbocycles. The Bertz CT molecular complexity index is 885. The summed E-state index contributed by atoms with van der Waals surface area (Å²) in [4.78, 5) is 23.4. The Kier molecular flexibility index (Phi) is 7.18. The lowest BCUT2D eigenvalue weighted by molar-refractivity contribution is 0.243. The van der Waals surface area contributed by atoms with Crippen LogP contribution in [-0.4, -0.2) is 42.2 Å². The lowest BCUT2D eigenvalue weighted by Crippen LogP contribution is -2.42. The number of hydrogen-bond acceptors (Lipinski definition) is 5. The highest BCUT2D eigenvalue weighted by atomic mass is 79.9. The van der Waals surface area contributed by atoms with Gasteiger partial charge >= 0.3 is 6.03 Å². The van der Waals surface area contributed by atoms with Crippen LogP contribution in [-0.2, 0) is 0 Å². The predicted molar refractivity (Wildman–Crippen MR) is 127 cm³/mol. The fourth-order valence-electron chi connectivity index (χ4n) is 3.89. The molecule has 2 aromatic rings. The van der Waals surface area contributed by atoms with Crippen LogP contribution in [0, 0.1) is 20.8 Å². The molecule has 0 aliphatic heterocycles. The summed E-state index contributed by atoms with van der Waals surface area (Å²) in [5.41, 5.74) is 2.96. The number of hydrogen-bond donors (Lipinski definition) is 3. The minimum absolute atomic E-state index is 0.137. The summed E-state index contributed by atoms with van der Waals surface area (Å²) in [5.74, 6) is 2.52. The van der Waals surface area contributed by atoms with Gasteiger partial charge in [0.2, 0.25) is 0 Å². The van der Waals surface area contributed by atoms with Gasteiger partial charge < -0.3 is 20.9 Å². The second-order valence-corrected chi connectivity index (χ2v) is 9.17. The fraction of sp³-hybridized carbons (Fsp3) is 0.500. The average Bonchev–Trinajstić information content (AvgIpc) is 2.66. The molecular formula is C22H31BrN6O. The van der Waals surface area contributed by atoms with E-state index in [2.05, 4.69) is 41.8 Å². The molecule has 0 unspecified atom stereocenters. The van der Waals surface area contributed by atoms with E-state index in [0.29, 0.717) is 6.04 Å². The highest BCUT2D eigenvalue weighted by Crippen LogP contribution is 2.26. The van der Waals surface area contributed by atoms with E-state index in [-0.39, 0.29) is 12.1 Å². The van der Waals surface area contributed by atoms with Crippen LogP contribution in [0.15, 0.2) is 22.7 Å². The molecule has 0 atom stereocenters. The van der Waals surface area contributed by atoms with Crippen LogP contribution in [0.5, 0.6) is 0 Å². The topological polar surface area (TPSA) is 82.2 Å². The molecule has 3 N–H and O–H groups in total. The summed E-state index contributed by atoms with van der Waals surface area (Å²) in [7, 11) is 3.95. The minimum Gasteiger partial charge on any atom is -0.367 e. The minimum atomic E-state index is -0.137. The normalized spacial score (nSPS) is 18.6. The van der Waals surface area contributed by atoms with Gasteiger partial charge in [-0.3, -0.25) is 0 Å². The first-order valence-corrected chi connectivity index (χ1v) is 11.1. The number of amides is 2. The Hall–Kier alpha value is -2.35. The molecule has 1 fully saturated rings. The molecule has 7 nitrogen and oxygen atoms in total. The maximum Gasteiger partial charge on any atom is 0.319 e. The third-order valence-corrected chi connectivity index (χ3v) is 5.89. The van der Waals surface area contributed by atoms with Crippen LogP contribution in [0.4, 0.5) is 22.1 Å². The summed E-state index contributed by atoms with van der Waals surface area (Å²) in [6.45, 7) is 5.91. The van der Waals surface area contributed by atoms with E-state index in [1.165, 1.54) is 0 Å². The van der Waals surface area contributed by atoms with Gasteiger partial charge in [-0.2, -0.15) is 0 Å². The van der Waals surface area contributed by atoms with Gasteiger partial charge in [0.1, 0.15) is 17.5 Å². The van der Waals surface area contributed by atoms with Crippen LogP contribution in [0.3, 0.4) is 0 Å². The zero-order valence-electron chi connectivity index (χ0n) is 18.3. The largest absolute Gasteiger partial charge is 0.367 e. The van der Waals surface area contributed by atoms with E-state index in [4.69, 9.17) is 0 Å². The van der Waals surface area contributed by atoms with Crippen molar-refractivity contribution in [3.8, 4) is 0 Å². The first-order valence-electron chi connectivity index (χ1n) is 10.3. The number of aromatic nitrogens is 2. The molecule has 1 aliphatic rings. The summed E-state index contributed by atoms with van der Waals surface area (Å²) < 4.78 is 1.02. The molecule has 1 aliphatic carbocycles. The van der Waals surface area contributed by atoms with E-state index in [9.17, 15) is 4.79 Å². The number of carbonyl (C=O) groups excluding carboxylic acids is 1. The molecule has 0 radical (unpaired) electrons. The van der Waals surface area contributed by atoms with E-state index in [1.54, 1.807) is 0 Å². The quantitative estimate of drug-likeness (QED) is 0.580. The maximum absolute atomic E-state index is 12.5. The molecule has 8 heteroatoms. The van der Waals surface area contributed by atoms with Crippen LogP contribution in [0.25, 0.3) is 0 Å². The third kappa shape index (κ3) is 5.84. The molecule has 162 valence electrons. The van der Waals surface area contributed by atoms with Gasteiger partial charge in [-0.15, -0.1) is 0 Å². The first kappa shape index (κ1) is 22.3. The van der Waals surface area contributed by atoms with Crippen molar-refractivity contribution in [3.63, 3.8) is 0 Å². The van der Waals surface area contributed by atoms with Crippen molar-refractivity contribution in [2.45, 2.75) is 58.5 Å². The van der Waals surface area contributed by atoms with Crippen molar-refractivity contribution in [2.75, 3.05) is 29.6 Å². The molecule has 0 saturated heterocycles. The Morgan fingerprint density at radius 3 is 2.20 bits per heavy atom. The first-order chi connectivity index (χ1) is 14.2. The van der Waals surface area contributed by atoms with Crippen LogP contribution in [0.1, 0.15) is 42.6 Å². The van der Waals surface area contributed by atoms with Crippen molar-refractivity contribution in [1.82, 2.24) is 15.3 Å². The summed E-state index contributed by atoms with van der Waals surface area (Å²) >= 11 is 3.49. The molecule has 2 amide bonds. The van der Waals surface area contributed by atoms with Crippen molar-refractivity contribution in [1.29, 1.82) is 0 Å². The van der Waals surface area contributed by atoms with Gasteiger partial charge in [0.15, 0.2) is 0 Å². The number of urea groups is 1. The number of nitrogens with one attached hydrogen (secondary N) is 3. The van der Waals surface area contributed by atoms with Gasteiger partial charge in [0, 0.05) is 42.4 Å². The van der Waals surface area contributed by atoms with Gasteiger partial charge in [0.05, 0.1) is 0 Å². The van der Waals surface area contributed by atoms with Gasteiger partial charge in [0.25, 0.3) is 0 Å². The standard InChI is InChI=1S/C22H31BrN6O/c1-13-10-16(23)11-14(2)21(13)28-22(30)27-18-8-6-17(7-9-18)26-19-12-20(29(4)5)25-15(3)24-19/h10-12,17-18H,6-9H2,1-5H3,(H,24,25,26)(H2,27,28,30)/t17-,18+. The van der Waals surface area contributed by atoms with Crippen LogP contribution >= 0.6 is 15.9 Å². The predicted octanol–water partition coefficient (Wildman–Crippen LogP) is 4.78. The van der Waals surface area contributed by atoms with Crippen LogP contribution < -0.4 is 20.9 Å². The smallest absolute Gasteiger partial charge is 0.319 e. The van der Waals surface area contributed by atoms with Crippen molar-refractivity contribution in [2.24, 2.45) is 0 Å². The second kappa shape index (κ2) is 9.64. The summed E-state index contributed by atoms with van der Waals surface area (Å²) in [5, 5.41) is 9.69. The Labute approximate surface area is 187 Å². The highest BCUT2D eigenvalue weighted by molar-refractivity contribution is 9.10. The average molecular weight is 475 g/mol. The van der Waals surface area contributed by atoms with Gasteiger partial charge in [-0.05, 0) is 69.7 Å². The summed E-state index contributed by atoms with van der Waals surface area (Å²) in [6.07, 6.45) is 3.85. The molecule has 3 rings (SSSR count). The second-order valence-electron chi connectivity index (χ2n) is 8.26. The molecule has 0 spiro atoms. The lowest BCUT2D eigenvalue weighted by Gasteiger charge is -2.30. The zero-order chi connectivity index (χ0) is 21.8. The number of anilines is 3. The number of benzene rings is 1. The lowest BCUT2D eigenvalue weighted by atomic mass is 9.91. The van der Waals surface area contributed by atoms with Crippen molar-refractivity contribution < 1.29 is 4.79 Å². The van der Waals surface area contributed by atoms with E-state index < -0.39 is 0 Å². The van der Waals surface area contributed by atoms with Gasteiger partial charge in [-0.25, -0.2) is 14.8 Å². The number of aryl methyl sites for hydroxylation is 3. The molecule has 1 aromatic carbocycles. The van der Waals surface area contributed by atoms with Crippen LogP contribution in [0.2, 0.25) is 0 Å². The number of carbonyl (C=O) groups is 1. The SMILES string of the molecule is Cc1nc(N[C@H]2CC[C@@H](NC(=O)Nc3c(C)cc(Br)cc3C)CC2)cc(N(C)C)n1. The molecule has 0 bridgehead atoms. The highest BCUT2D eigenvalue weighted by Gasteiger charge is 2.23. The van der Waals surface area contributed by atoms with Crippen molar-refractivity contribution >= 4 is 39.3 Å². The molecule has 1 heterocycles. The van der Waals surface area contributed by atoms with E-state index >= 15 is 0 Å². The molecule has 30 heavy (non-hydrogen) atoms. The zero-order valence-corrected chi connectivity index (χ0v) is 19.9. The number of halogens is 1. The summed E-state index contributed by atoms with van der Waals surface area (Å²) in [6, 6.07) is 6.40. The maximum atomic E-state index is 12.5. The monoisotopic (exact) mass is 474 g/mol. The Morgan fingerprint density at radius 1 is 1.00 bits per heavy atom. The Balaban J connectivity index is 1.51. The Morgan fingerprint density at radius 2 is 1.60 bits per heavy atom. The third-order valence-electron chi connectivity index (χ3n) is 5.43. The van der Waals surface area contributed by atoms with Gasteiger partial charge in [-0.1, -0.05) is 15.9 Å². The number of nitrogens with zero attached hydrogens (tertiary/aromatic N) is 3.